The van der Waals surface area contributed by atoms with Crippen molar-refractivity contribution >= 4 is 29.3 Å². The molecule has 0 radical (unpaired) electrons. The molecule has 0 unspecified atom stereocenters. The first-order chi connectivity index (χ1) is 13.4. The molecule has 0 saturated carbocycles. The van der Waals surface area contributed by atoms with E-state index in [4.69, 9.17) is 27.9 Å². The molecule has 3 rings (SSSR count). The third-order valence-corrected chi connectivity index (χ3v) is 5.52. The minimum atomic E-state index is -0.498. The van der Waals surface area contributed by atoms with E-state index in [2.05, 4.69) is 4.90 Å². The number of rotatable bonds is 4. The fourth-order valence-corrected chi connectivity index (χ4v) is 3.68. The Balaban J connectivity index is 1.71. The van der Waals surface area contributed by atoms with Crippen LogP contribution in [0.2, 0.25) is 10.0 Å². The fraction of sp³-hybridized carbons (Fsp3) is 0.368. The molecule has 0 atom stereocenters. The Morgan fingerprint density at radius 1 is 1.11 bits per heavy atom. The maximum Gasteiger partial charge on any atom is 0.409 e. The highest BCUT2D eigenvalue weighted by molar-refractivity contribution is 6.35. The van der Waals surface area contributed by atoms with E-state index in [0.717, 1.165) is 0 Å². The molecule has 0 aliphatic carbocycles. The van der Waals surface area contributed by atoms with E-state index >= 15 is 0 Å². The van der Waals surface area contributed by atoms with Gasteiger partial charge in [-0.15, -0.1) is 0 Å². The van der Waals surface area contributed by atoms with Crippen LogP contribution in [0.15, 0.2) is 35.3 Å². The summed E-state index contributed by atoms with van der Waals surface area (Å²) in [6.07, 6.45) is 1.28. The molecule has 1 amide bonds. The number of nitrogens with zero attached hydrogens (tertiary/aromatic N) is 3. The van der Waals surface area contributed by atoms with Gasteiger partial charge in [-0.05, 0) is 18.2 Å². The molecule has 7 nitrogen and oxygen atoms in total. The quantitative estimate of drug-likeness (QED) is 0.814. The molecular formula is C19H21Cl2N3O4. The number of amides is 1. The predicted octanol–water partition coefficient (Wildman–Crippen LogP) is 2.79. The highest BCUT2D eigenvalue weighted by Crippen LogP contribution is 2.25. The van der Waals surface area contributed by atoms with Crippen molar-refractivity contribution in [3.8, 4) is 5.75 Å². The van der Waals surface area contributed by atoms with Crippen molar-refractivity contribution in [3.63, 3.8) is 0 Å². The van der Waals surface area contributed by atoms with E-state index in [0.29, 0.717) is 53.9 Å². The van der Waals surface area contributed by atoms with Crippen molar-refractivity contribution in [3.05, 3.63) is 62.0 Å². The predicted molar refractivity (Wildman–Crippen MR) is 107 cm³/mol. The van der Waals surface area contributed by atoms with E-state index in [1.165, 1.54) is 11.7 Å². The molecule has 28 heavy (non-hydrogen) atoms. The van der Waals surface area contributed by atoms with Gasteiger partial charge in [-0.3, -0.25) is 9.69 Å². The standard InChI is InChI=1S/C19H21Cl2N3O4/c1-28-19(27)23-9-7-22(8-10-23)11-13-5-6-24(18(26)17(13)25)12-14-15(20)3-2-4-16(14)21/h2-6,25H,7-12H2,1H3. The van der Waals surface area contributed by atoms with Crippen molar-refractivity contribution in [2.24, 2.45) is 0 Å². The number of carbonyl (C=O) groups excluding carboxylic acids is 1. The summed E-state index contributed by atoms with van der Waals surface area (Å²) >= 11 is 12.3. The van der Waals surface area contributed by atoms with Crippen molar-refractivity contribution in [1.82, 2.24) is 14.4 Å². The van der Waals surface area contributed by atoms with Crippen molar-refractivity contribution < 1.29 is 14.6 Å². The normalized spacial score (nSPS) is 14.9. The summed E-state index contributed by atoms with van der Waals surface area (Å²) < 4.78 is 6.10. The third kappa shape index (κ3) is 4.43. The van der Waals surface area contributed by atoms with Gasteiger partial charge in [0.05, 0.1) is 13.7 Å². The number of aromatic nitrogens is 1. The second-order valence-corrected chi connectivity index (χ2v) is 7.37. The Bertz CT molecular complexity index is 904. The number of carbonyl (C=O) groups is 1. The molecule has 9 heteroatoms. The van der Waals surface area contributed by atoms with Crippen LogP contribution in [0.5, 0.6) is 5.75 Å². The number of methoxy groups -OCH3 is 1. The van der Waals surface area contributed by atoms with Crippen molar-refractivity contribution in [2.75, 3.05) is 33.3 Å². The molecule has 1 aliphatic rings. The molecule has 1 N–H and O–H groups in total. The van der Waals surface area contributed by atoms with E-state index in [9.17, 15) is 14.7 Å². The van der Waals surface area contributed by atoms with Crippen LogP contribution in [0, 0.1) is 0 Å². The minimum absolute atomic E-state index is 0.170. The lowest BCUT2D eigenvalue weighted by atomic mass is 10.2. The number of hydrogen-bond acceptors (Lipinski definition) is 5. The van der Waals surface area contributed by atoms with Crippen LogP contribution in [0.4, 0.5) is 4.79 Å². The molecule has 1 aromatic heterocycles. The summed E-state index contributed by atoms with van der Waals surface area (Å²) in [6.45, 7) is 2.93. The highest BCUT2D eigenvalue weighted by Gasteiger charge is 2.22. The molecule has 150 valence electrons. The molecular weight excluding hydrogens is 405 g/mol. The number of halogens is 2. The second-order valence-electron chi connectivity index (χ2n) is 6.56. The molecule has 2 aromatic rings. The van der Waals surface area contributed by atoms with Gasteiger partial charge in [-0.1, -0.05) is 29.3 Å². The molecule has 0 bridgehead atoms. The average Bonchev–Trinajstić information content (AvgIpc) is 2.70. The first-order valence-electron chi connectivity index (χ1n) is 8.80. The molecule has 1 aromatic carbocycles. The summed E-state index contributed by atoms with van der Waals surface area (Å²) in [5, 5.41) is 11.3. The maximum absolute atomic E-state index is 12.6. The van der Waals surface area contributed by atoms with Gasteiger partial charge in [0.25, 0.3) is 5.56 Å². The summed E-state index contributed by atoms with van der Waals surface area (Å²) in [5.41, 5.74) is 0.665. The molecule has 1 aliphatic heterocycles. The Morgan fingerprint density at radius 3 is 2.36 bits per heavy atom. The number of benzene rings is 1. The van der Waals surface area contributed by atoms with E-state index in [-0.39, 0.29) is 18.4 Å². The maximum atomic E-state index is 12.6. The van der Waals surface area contributed by atoms with E-state index in [1.807, 2.05) is 0 Å². The van der Waals surface area contributed by atoms with Crippen molar-refractivity contribution in [2.45, 2.75) is 13.1 Å². The lowest BCUT2D eigenvalue weighted by molar-refractivity contribution is 0.0885. The largest absolute Gasteiger partial charge is 0.503 e. The van der Waals surface area contributed by atoms with Crippen LogP contribution < -0.4 is 5.56 Å². The first kappa shape index (κ1) is 20.5. The minimum Gasteiger partial charge on any atom is -0.503 e. The summed E-state index contributed by atoms with van der Waals surface area (Å²) in [4.78, 5) is 27.8. The van der Waals surface area contributed by atoms with Gasteiger partial charge in [0, 0.05) is 60.1 Å². The van der Waals surface area contributed by atoms with Crippen LogP contribution in [0.1, 0.15) is 11.1 Å². The van der Waals surface area contributed by atoms with Crippen LogP contribution in [-0.4, -0.2) is 58.9 Å². The average molecular weight is 426 g/mol. The fourth-order valence-electron chi connectivity index (χ4n) is 3.16. The number of hydrogen-bond donors (Lipinski definition) is 1. The Morgan fingerprint density at radius 2 is 1.75 bits per heavy atom. The summed E-state index contributed by atoms with van der Waals surface area (Å²) in [7, 11) is 1.36. The summed E-state index contributed by atoms with van der Waals surface area (Å²) in [5.74, 6) is -0.291. The lowest BCUT2D eigenvalue weighted by Crippen LogP contribution is -2.48. The Hall–Kier alpha value is -2.22. The number of pyridine rings is 1. The SMILES string of the molecule is COC(=O)N1CCN(Cc2ccn(Cc3c(Cl)cccc3Cl)c(=O)c2O)CC1. The topological polar surface area (TPSA) is 75.0 Å². The van der Waals surface area contributed by atoms with E-state index in [1.54, 1.807) is 35.4 Å². The van der Waals surface area contributed by atoms with Gasteiger partial charge in [-0.25, -0.2) is 4.79 Å². The Labute approximate surface area is 172 Å². The van der Waals surface area contributed by atoms with Crippen LogP contribution in [0.3, 0.4) is 0 Å². The third-order valence-electron chi connectivity index (χ3n) is 4.81. The number of piperazine rings is 1. The van der Waals surface area contributed by atoms with Gasteiger partial charge in [0.15, 0.2) is 5.75 Å². The van der Waals surface area contributed by atoms with Gasteiger partial charge in [-0.2, -0.15) is 0 Å². The summed E-state index contributed by atoms with van der Waals surface area (Å²) in [6, 6.07) is 6.86. The second kappa shape index (κ2) is 8.86. The first-order valence-corrected chi connectivity index (χ1v) is 9.55. The van der Waals surface area contributed by atoms with Crippen LogP contribution in [-0.2, 0) is 17.8 Å². The van der Waals surface area contributed by atoms with Gasteiger partial charge in [0.1, 0.15) is 0 Å². The Kier molecular flexibility index (Phi) is 6.49. The molecule has 0 spiro atoms. The smallest absolute Gasteiger partial charge is 0.409 e. The van der Waals surface area contributed by atoms with Crippen LogP contribution in [0.25, 0.3) is 0 Å². The molecule has 1 saturated heterocycles. The van der Waals surface area contributed by atoms with Gasteiger partial charge in [0.2, 0.25) is 0 Å². The zero-order valence-corrected chi connectivity index (χ0v) is 16.9. The number of ether oxygens (including phenoxy) is 1. The van der Waals surface area contributed by atoms with Gasteiger partial charge >= 0.3 is 6.09 Å². The van der Waals surface area contributed by atoms with E-state index < -0.39 is 5.56 Å². The zero-order valence-electron chi connectivity index (χ0n) is 15.4. The zero-order chi connectivity index (χ0) is 20.3. The lowest BCUT2D eigenvalue weighted by Gasteiger charge is -2.33. The number of aromatic hydroxyl groups is 1. The molecule has 2 heterocycles. The van der Waals surface area contributed by atoms with Crippen molar-refractivity contribution in [1.29, 1.82) is 0 Å². The molecule has 1 fully saturated rings. The monoisotopic (exact) mass is 425 g/mol. The van der Waals surface area contributed by atoms with Crippen LogP contribution >= 0.6 is 23.2 Å². The van der Waals surface area contributed by atoms with Gasteiger partial charge < -0.3 is 19.3 Å². The highest BCUT2D eigenvalue weighted by atomic mass is 35.5.